The Morgan fingerprint density at radius 2 is 1.96 bits per heavy atom. The summed E-state index contributed by atoms with van der Waals surface area (Å²) >= 11 is 3.31. The highest BCUT2D eigenvalue weighted by atomic mass is 79.9. The number of halogens is 1. The van der Waals surface area contributed by atoms with Gasteiger partial charge >= 0.3 is 0 Å². The van der Waals surface area contributed by atoms with Crippen LogP contribution in [-0.2, 0) is 16.1 Å². The molecule has 0 bridgehead atoms. The first-order chi connectivity index (χ1) is 12.3. The monoisotopic (exact) mass is 417 g/mol. The maximum Gasteiger partial charge on any atom is 0.285 e. The van der Waals surface area contributed by atoms with Crippen LogP contribution in [0, 0.1) is 25.2 Å². The fourth-order valence-corrected chi connectivity index (χ4v) is 2.52. The van der Waals surface area contributed by atoms with E-state index >= 15 is 0 Å². The lowest BCUT2D eigenvalue weighted by molar-refractivity contribution is -0.124. The van der Waals surface area contributed by atoms with E-state index in [1.807, 2.05) is 12.1 Å². The minimum atomic E-state index is -0.636. The van der Waals surface area contributed by atoms with E-state index in [0.717, 1.165) is 9.15 Å². The van der Waals surface area contributed by atoms with Crippen molar-refractivity contribution in [3.63, 3.8) is 0 Å². The molecule has 0 saturated carbocycles. The molecule has 2 aromatic rings. The molecule has 0 aliphatic heterocycles. The first kappa shape index (κ1) is 19.3. The largest absolute Gasteiger partial charge is 0.345 e. The van der Waals surface area contributed by atoms with Gasteiger partial charge in [-0.2, -0.15) is 10.4 Å². The second-order valence-corrected chi connectivity index (χ2v) is 6.32. The Labute approximate surface area is 158 Å². The number of carbonyl (C=O) groups is 2. The molecule has 134 valence electrons. The van der Waals surface area contributed by atoms with E-state index < -0.39 is 17.4 Å². The number of rotatable bonds is 5. The number of nitrogens with one attached hydrogen (secondary N) is 2. The number of carbonyl (C=O) groups excluding carboxylic acids is 2. The van der Waals surface area contributed by atoms with Crippen molar-refractivity contribution in [2.24, 2.45) is 0 Å². The molecule has 8 nitrogen and oxygen atoms in total. The number of para-hydroxylation sites is 1. The van der Waals surface area contributed by atoms with Gasteiger partial charge in [-0.15, -0.1) is 0 Å². The standard InChI is InChI=1S/C17H16BrN5O3/c1-10-11(2)22-23(17(26)12(10)7-19)9-16(25)20-8-15(24)21-14-6-4-3-5-13(14)18/h3-6H,8-9H2,1-2H3,(H,20,25)(H,21,24). The normalized spacial score (nSPS) is 10.1. The van der Waals surface area contributed by atoms with Crippen molar-refractivity contribution >= 4 is 33.4 Å². The smallest absolute Gasteiger partial charge is 0.285 e. The lowest BCUT2D eigenvalue weighted by atomic mass is 10.1. The van der Waals surface area contributed by atoms with Gasteiger partial charge in [0.25, 0.3) is 5.56 Å². The van der Waals surface area contributed by atoms with E-state index in [9.17, 15) is 14.4 Å². The molecule has 0 saturated heterocycles. The zero-order valence-electron chi connectivity index (χ0n) is 14.2. The molecular weight excluding hydrogens is 402 g/mol. The number of aromatic nitrogens is 2. The number of anilines is 1. The van der Waals surface area contributed by atoms with Gasteiger partial charge in [0.1, 0.15) is 18.2 Å². The number of aryl methyl sites for hydroxylation is 1. The van der Waals surface area contributed by atoms with Crippen molar-refractivity contribution in [2.75, 3.05) is 11.9 Å². The number of nitriles is 1. The van der Waals surface area contributed by atoms with Crippen LogP contribution < -0.4 is 16.2 Å². The van der Waals surface area contributed by atoms with Crippen LogP contribution in [-0.4, -0.2) is 28.1 Å². The fraction of sp³-hybridized carbons (Fsp3) is 0.235. The Hall–Kier alpha value is -2.99. The summed E-state index contributed by atoms with van der Waals surface area (Å²) in [7, 11) is 0. The van der Waals surface area contributed by atoms with Crippen molar-refractivity contribution in [1.82, 2.24) is 15.1 Å². The molecule has 26 heavy (non-hydrogen) atoms. The van der Waals surface area contributed by atoms with Crippen LogP contribution in [0.5, 0.6) is 0 Å². The predicted molar refractivity (Wildman–Crippen MR) is 98.5 cm³/mol. The maximum atomic E-state index is 12.1. The van der Waals surface area contributed by atoms with Crippen molar-refractivity contribution in [1.29, 1.82) is 5.26 Å². The summed E-state index contributed by atoms with van der Waals surface area (Å²) in [5.74, 6) is -0.975. The molecule has 2 N–H and O–H groups in total. The van der Waals surface area contributed by atoms with Crippen LogP contribution >= 0.6 is 15.9 Å². The van der Waals surface area contributed by atoms with Gasteiger partial charge in [0.2, 0.25) is 11.8 Å². The molecule has 0 radical (unpaired) electrons. The molecule has 0 aliphatic rings. The molecule has 0 fully saturated rings. The second kappa shape index (κ2) is 8.40. The molecule has 0 aliphatic carbocycles. The van der Waals surface area contributed by atoms with E-state index in [4.69, 9.17) is 5.26 Å². The Bertz CT molecular complexity index is 962. The van der Waals surface area contributed by atoms with Crippen LogP contribution in [0.1, 0.15) is 16.8 Å². The van der Waals surface area contributed by atoms with E-state index in [1.165, 1.54) is 0 Å². The minimum Gasteiger partial charge on any atom is -0.345 e. The molecule has 9 heteroatoms. The van der Waals surface area contributed by atoms with Crippen LogP contribution in [0.3, 0.4) is 0 Å². The first-order valence-corrected chi connectivity index (χ1v) is 8.42. The molecule has 1 aromatic carbocycles. The predicted octanol–water partition coefficient (Wildman–Crippen LogP) is 1.25. The SMILES string of the molecule is Cc1nn(CC(=O)NCC(=O)Nc2ccccc2Br)c(=O)c(C#N)c1C. The number of nitrogens with zero attached hydrogens (tertiary/aromatic N) is 3. The topological polar surface area (TPSA) is 117 Å². The summed E-state index contributed by atoms with van der Waals surface area (Å²) in [6.45, 7) is 2.63. The Balaban J connectivity index is 1.99. The van der Waals surface area contributed by atoms with Crippen LogP contribution in [0.15, 0.2) is 33.5 Å². The molecule has 1 aromatic heterocycles. The zero-order chi connectivity index (χ0) is 19.3. The van der Waals surface area contributed by atoms with Gasteiger partial charge < -0.3 is 10.6 Å². The number of hydrogen-bond donors (Lipinski definition) is 2. The Morgan fingerprint density at radius 3 is 2.62 bits per heavy atom. The van der Waals surface area contributed by atoms with Crippen molar-refractivity contribution in [3.8, 4) is 6.07 Å². The highest BCUT2D eigenvalue weighted by Crippen LogP contribution is 2.20. The third-order valence-electron chi connectivity index (χ3n) is 3.64. The first-order valence-electron chi connectivity index (χ1n) is 7.63. The van der Waals surface area contributed by atoms with E-state index in [0.29, 0.717) is 16.9 Å². The molecular formula is C17H16BrN5O3. The van der Waals surface area contributed by atoms with Gasteiger partial charge in [0.05, 0.1) is 17.9 Å². The van der Waals surface area contributed by atoms with Gasteiger partial charge in [-0.05, 0) is 47.5 Å². The van der Waals surface area contributed by atoms with Crippen molar-refractivity contribution in [3.05, 3.63) is 55.9 Å². The fourth-order valence-electron chi connectivity index (χ4n) is 2.14. The molecule has 2 rings (SSSR count). The Morgan fingerprint density at radius 1 is 1.27 bits per heavy atom. The molecule has 0 spiro atoms. The average Bonchev–Trinajstić information content (AvgIpc) is 2.60. The van der Waals surface area contributed by atoms with Gasteiger partial charge in [-0.25, -0.2) is 4.68 Å². The highest BCUT2D eigenvalue weighted by Gasteiger charge is 2.14. The molecule has 0 atom stereocenters. The number of hydrogen-bond acceptors (Lipinski definition) is 5. The van der Waals surface area contributed by atoms with E-state index in [-0.39, 0.29) is 18.7 Å². The third-order valence-corrected chi connectivity index (χ3v) is 4.33. The average molecular weight is 418 g/mol. The van der Waals surface area contributed by atoms with Crippen molar-refractivity contribution < 1.29 is 9.59 Å². The summed E-state index contributed by atoms with van der Waals surface area (Å²) in [5.41, 5.74) is 0.875. The molecule has 2 amide bonds. The number of benzene rings is 1. The van der Waals surface area contributed by atoms with Crippen LogP contribution in [0.4, 0.5) is 5.69 Å². The molecule has 0 unspecified atom stereocenters. The lowest BCUT2D eigenvalue weighted by Crippen LogP contribution is -2.38. The highest BCUT2D eigenvalue weighted by molar-refractivity contribution is 9.10. The second-order valence-electron chi connectivity index (χ2n) is 5.46. The summed E-state index contributed by atoms with van der Waals surface area (Å²) in [6, 6.07) is 8.90. The number of amides is 2. The molecule has 1 heterocycles. The third kappa shape index (κ3) is 4.55. The maximum absolute atomic E-state index is 12.1. The quantitative estimate of drug-likeness (QED) is 0.758. The summed E-state index contributed by atoms with van der Waals surface area (Å²) < 4.78 is 1.64. The van der Waals surface area contributed by atoms with Gasteiger partial charge in [-0.3, -0.25) is 14.4 Å². The van der Waals surface area contributed by atoms with E-state index in [1.54, 1.807) is 32.0 Å². The Kier molecular flexibility index (Phi) is 6.25. The summed E-state index contributed by atoms with van der Waals surface area (Å²) in [5, 5.41) is 18.2. The van der Waals surface area contributed by atoms with Crippen LogP contribution in [0.2, 0.25) is 0 Å². The van der Waals surface area contributed by atoms with E-state index in [2.05, 4.69) is 31.7 Å². The minimum absolute atomic E-state index is 0.0445. The lowest BCUT2D eigenvalue weighted by Gasteiger charge is -2.10. The van der Waals surface area contributed by atoms with Crippen LogP contribution in [0.25, 0.3) is 0 Å². The summed E-state index contributed by atoms with van der Waals surface area (Å²) in [4.78, 5) is 36.1. The van der Waals surface area contributed by atoms with Gasteiger partial charge in [-0.1, -0.05) is 12.1 Å². The zero-order valence-corrected chi connectivity index (χ0v) is 15.8. The van der Waals surface area contributed by atoms with Crippen molar-refractivity contribution in [2.45, 2.75) is 20.4 Å². The van der Waals surface area contributed by atoms with Gasteiger partial charge in [0.15, 0.2) is 0 Å². The van der Waals surface area contributed by atoms with Gasteiger partial charge in [0, 0.05) is 4.47 Å². The summed E-state index contributed by atoms with van der Waals surface area (Å²) in [6.07, 6.45) is 0.